The van der Waals surface area contributed by atoms with Gasteiger partial charge in [0, 0.05) is 57.1 Å². The van der Waals surface area contributed by atoms with Crippen molar-refractivity contribution in [2.24, 2.45) is 0 Å². The molecule has 25 heavy (non-hydrogen) atoms. The van der Waals surface area contributed by atoms with E-state index in [0.29, 0.717) is 12.4 Å². The molecule has 2 aromatic rings. The first kappa shape index (κ1) is 16.6. The third-order valence-electron chi connectivity index (χ3n) is 4.58. The zero-order valence-corrected chi connectivity index (χ0v) is 14.8. The van der Waals surface area contributed by atoms with Gasteiger partial charge in [-0.15, -0.1) is 11.3 Å². The maximum absolute atomic E-state index is 12.4. The minimum Gasteiger partial charge on any atom is -0.368 e. The summed E-state index contributed by atoms with van der Waals surface area (Å²) in [6, 6.07) is 1.80. The molecule has 132 valence electrons. The summed E-state index contributed by atoms with van der Waals surface area (Å²) in [4.78, 5) is 29.8. The molecule has 1 amide bonds. The Morgan fingerprint density at radius 1 is 1.24 bits per heavy atom. The molecule has 1 atom stereocenters. The molecule has 2 aliphatic heterocycles. The second-order valence-corrected chi connectivity index (χ2v) is 7.18. The molecule has 7 nitrogen and oxygen atoms in total. The highest BCUT2D eigenvalue weighted by Gasteiger charge is 2.30. The molecule has 2 fully saturated rings. The van der Waals surface area contributed by atoms with Gasteiger partial charge in [0.05, 0.1) is 5.69 Å². The highest BCUT2D eigenvalue weighted by atomic mass is 32.1. The Bertz CT molecular complexity index is 709. The van der Waals surface area contributed by atoms with Crippen LogP contribution in [-0.2, 0) is 16.1 Å². The van der Waals surface area contributed by atoms with E-state index >= 15 is 0 Å². The van der Waals surface area contributed by atoms with Crippen LogP contribution in [0, 0.1) is 0 Å². The van der Waals surface area contributed by atoms with Crippen LogP contribution in [0.25, 0.3) is 10.8 Å². The normalized spacial score (nSPS) is 21.6. The Labute approximate surface area is 150 Å². The monoisotopic (exact) mass is 359 g/mol. The van der Waals surface area contributed by atoms with Gasteiger partial charge in [-0.1, -0.05) is 0 Å². The predicted molar refractivity (Wildman–Crippen MR) is 94.0 cm³/mol. The molecule has 0 spiro atoms. The fourth-order valence-corrected chi connectivity index (χ4v) is 3.98. The molecule has 0 aliphatic carbocycles. The van der Waals surface area contributed by atoms with Crippen molar-refractivity contribution in [2.45, 2.75) is 25.5 Å². The standard InChI is InChI=1S/C17H21N5O2S/c23-17(14-3-1-10-24-14)22-8-6-21(7-9-22)11-13-12-25-16(20-13)15-18-4-2-5-19-15/h2,4-5,12,14H,1,3,6-11H2/t14-/m0/s1. The van der Waals surface area contributed by atoms with Crippen molar-refractivity contribution >= 4 is 17.2 Å². The van der Waals surface area contributed by atoms with Crippen molar-refractivity contribution in [3.63, 3.8) is 0 Å². The minimum absolute atomic E-state index is 0.161. The van der Waals surface area contributed by atoms with Gasteiger partial charge in [0.25, 0.3) is 5.91 Å². The number of aromatic nitrogens is 3. The number of hydrogen-bond acceptors (Lipinski definition) is 7. The molecule has 0 N–H and O–H groups in total. The van der Waals surface area contributed by atoms with Crippen LogP contribution >= 0.6 is 11.3 Å². The third kappa shape index (κ3) is 3.86. The average molecular weight is 359 g/mol. The molecule has 0 radical (unpaired) electrons. The number of rotatable bonds is 4. The van der Waals surface area contributed by atoms with Gasteiger partial charge in [-0.3, -0.25) is 9.69 Å². The van der Waals surface area contributed by atoms with Gasteiger partial charge in [0.15, 0.2) is 10.8 Å². The van der Waals surface area contributed by atoms with Crippen LogP contribution in [0.2, 0.25) is 0 Å². The summed E-state index contributed by atoms with van der Waals surface area (Å²) in [7, 11) is 0. The van der Waals surface area contributed by atoms with E-state index in [4.69, 9.17) is 4.74 Å². The zero-order valence-electron chi connectivity index (χ0n) is 14.0. The minimum atomic E-state index is -0.210. The molecule has 0 saturated carbocycles. The smallest absolute Gasteiger partial charge is 0.251 e. The van der Waals surface area contributed by atoms with E-state index < -0.39 is 0 Å². The lowest BCUT2D eigenvalue weighted by molar-refractivity contribution is -0.142. The Morgan fingerprint density at radius 2 is 2.04 bits per heavy atom. The van der Waals surface area contributed by atoms with Gasteiger partial charge in [0.1, 0.15) is 6.10 Å². The Hall–Kier alpha value is -1.90. The van der Waals surface area contributed by atoms with Gasteiger partial charge in [-0.2, -0.15) is 0 Å². The van der Waals surface area contributed by atoms with E-state index in [1.165, 1.54) is 0 Å². The van der Waals surface area contributed by atoms with Crippen LogP contribution in [0.5, 0.6) is 0 Å². The van der Waals surface area contributed by atoms with Crippen LogP contribution in [0.4, 0.5) is 0 Å². The molecule has 4 heterocycles. The van der Waals surface area contributed by atoms with Crippen molar-refractivity contribution in [1.29, 1.82) is 0 Å². The van der Waals surface area contributed by atoms with E-state index in [-0.39, 0.29) is 12.0 Å². The molecule has 8 heteroatoms. The number of hydrogen-bond donors (Lipinski definition) is 0. The average Bonchev–Trinajstić information content (AvgIpc) is 3.35. The van der Waals surface area contributed by atoms with E-state index in [0.717, 1.165) is 56.3 Å². The Kier molecular flexibility index (Phi) is 5.00. The number of thiazole rings is 1. The van der Waals surface area contributed by atoms with E-state index in [9.17, 15) is 4.79 Å². The van der Waals surface area contributed by atoms with Crippen molar-refractivity contribution in [3.8, 4) is 10.8 Å². The summed E-state index contributed by atoms with van der Waals surface area (Å²) in [6.07, 6.45) is 5.11. The lowest BCUT2D eigenvalue weighted by Crippen LogP contribution is -2.51. The number of amides is 1. The van der Waals surface area contributed by atoms with Crippen LogP contribution in [0.1, 0.15) is 18.5 Å². The van der Waals surface area contributed by atoms with E-state index in [1.54, 1.807) is 29.8 Å². The van der Waals surface area contributed by atoms with Gasteiger partial charge in [0.2, 0.25) is 0 Å². The molecule has 0 unspecified atom stereocenters. The molecular formula is C17H21N5O2S. The van der Waals surface area contributed by atoms with Gasteiger partial charge < -0.3 is 9.64 Å². The number of carbonyl (C=O) groups is 1. The van der Waals surface area contributed by atoms with Crippen molar-refractivity contribution in [3.05, 3.63) is 29.5 Å². The summed E-state index contributed by atoms with van der Waals surface area (Å²) in [5.74, 6) is 0.833. The van der Waals surface area contributed by atoms with Crippen LogP contribution in [-0.4, -0.2) is 69.5 Å². The quantitative estimate of drug-likeness (QED) is 0.822. The fourth-order valence-electron chi connectivity index (χ4n) is 3.22. The summed E-state index contributed by atoms with van der Waals surface area (Å²) < 4.78 is 5.51. The third-order valence-corrected chi connectivity index (χ3v) is 5.47. The molecule has 2 aromatic heterocycles. The topological polar surface area (TPSA) is 71.5 Å². The number of nitrogens with zero attached hydrogens (tertiary/aromatic N) is 5. The van der Waals surface area contributed by atoms with Gasteiger partial charge >= 0.3 is 0 Å². The van der Waals surface area contributed by atoms with E-state index in [2.05, 4.69) is 25.2 Å². The van der Waals surface area contributed by atoms with Gasteiger partial charge in [-0.25, -0.2) is 15.0 Å². The summed E-state index contributed by atoms with van der Waals surface area (Å²) >= 11 is 1.57. The fraction of sp³-hybridized carbons (Fsp3) is 0.529. The van der Waals surface area contributed by atoms with Crippen molar-refractivity contribution < 1.29 is 9.53 Å². The Balaban J connectivity index is 1.30. The highest BCUT2D eigenvalue weighted by molar-refractivity contribution is 7.13. The van der Waals surface area contributed by atoms with E-state index in [1.807, 2.05) is 4.90 Å². The van der Waals surface area contributed by atoms with Crippen LogP contribution in [0.15, 0.2) is 23.8 Å². The molecule has 0 bridgehead atoms. The molecule has 2 aliphatic rings. The second-order valence-electron chi connectivity index (χ2n) is 6.32. The zero-order chi connectivity index (χ0) is 17.1. The van der Waals surface area contributed by atoms with Crippen molar-refractivity contribution in [2.75, 3.05) is 32.8 Å². The maximum Gasteiger partial charge on any atom is 0.251 e. The number of ether oxygens (including phenoxy) is 1. The maximum atomic E-state index is 12.4. The number of piperazine rings is 1. The largest absolute Gasteiger partial charge is 0.368 e. The first-order valence-corrected chi connectivity index (χ1v) is 9.52. The van der Waals surface area contributed by atoms with Gasteiger partial charge in [-0.05, 0) is 18.9 Å². The molecule has 4 rings (SSSR count). The lowest BCUT2D eigenvalue weighted by Gasteiger charge is -2.35. The predicted octanol–water partition coefficient (Wildman–Crippen LogP) is 1.42. The van der Waals surface area contributed by atoms with Crippen LogP contribution in [0.3, 0.4) is 0 Å². The first-order chi connectivity index (χ1) is 12.3. The SMILES string of the molecule is O=C([C@@H]1CCCO1)N1CCN(Cc2csc(-c3ncccn3)n2)CC1. The Morgan fingerprint density at radius 3 is 2.76 bits per heavy atom. The molecule has 0 aromatic carbocycles. The number of carbonyl (C=O) groups excluding carboxylic acids is 1. The molecule has 2 saturated heterocycles. The summed E-state index contributed by atoms with van der Waals surface area (Å²) in [6.45, 7) is 4.77. The van der Waals surface area contributed by atoms with Crippen molar-refractivity contribution in [1.82, 2.24) is 24.8 Å². The lowest BCUT2D eigenvalue weighted by atomic mass is 10.2. The summed E-state index contributed by atoms with van der Waals surface area (Å²) in [5.41, 5.74) is 1.03. The second kappa shape index (κ2) is 7.55. The first-order valence-electron chi connectivity index (χ1n) is 8.64. The summed E-state index contributed by atoms with van der Waals surface area (Å²) in [5, 5.41) is 2.91. The highest BCUT2D eigenvalue weighted by Crippen LogP contribution is 2.21. The molecular weight excluding hydrogens is 338 g/mol. The van der Waals surface area contributed by atoms with Crippen LogP contribution < -0.4 is 0 Å².